The Bertz CT molecular complexity index is 1120. The van der Waals surface area contributed by atoms with Crippen molar-refractivity contribution in [3.05, 3.63) is 113 Å². The van der Waals surface area contributed by atoms with Gasteiger partial charge in [0, 0.05) is 24.5 Å². The molecule has 0 saturated heterocycles. The summed E-state index contributed by atoms with van der Waals surface area (Å²) in [4.78, 5) is 17.3. The number of aryl methyl sites for hydroxylation is 1. The Labute approximate surface area is 181 Å². The molecule has 0 bridgehead atoms. The molecule has 0 saturated carbocycles. The van der Waals surface area contributed by atoms with Crippen molar-refractivity contribution in [2.24, 2.45) is 7.05 Å². The van der Waals surface area contributed by atoms with E-state index >= 15 is 0 Å². The molecule has 4 nitrogen and oxygen atoms in total. The fourth-order valence-corrected chi connectivity index (χ4v) is 3.58. The largest absolute Gasteiger partial charge is 0.342 e. The number of hydrogen-bond donors (Lipinski definition) is 1. The number of carbonyl (C=O) groups is 1. The van der Waals surface area contributed by atoms with Crippen LogP contribution in [0.15, 0.2) is 91.3 Å². The van der Waals surface area contributed by atoms with Gasteiger partial charge in [-0.2, -0.15) is 0 Å². The summed E-state index contributed by atoms with van der Waals surface area (Å²) in [5.74, 6) is 0.704. The van der Waals surface area contributed by atoms with Gasteiger partial charge in [-0.1, -0.05) is 78.3 Å². The Morgan fingerprint density at radius 2 is 1.63 bits per heavy atom. The Kier molecular flexibility index (Phi) is 5.96. The van der Waals surface area contributed by atoms with Crippen molar-refractivity contribution >= 4 is 17.5 Å². The predicted molar refractivity (Wildman–Crippen MR) is 120 cm³/mol. The maximum absolute atomic E-state index is 12.9. The number of rotatable bonds is 6. The van der Waals surface area contributed by atoms with Gasteiger partial charge in [-0.05, 0) is 34.4 Å². The molecule has 1 amide bonds. The van der Waals surface area contributed by atoms with E-state index in [0.29, 0.717) is 11.4 Å². The molecular formula is C25H22ClN3O. The van der Waals surface area contributed by atoms with Crippen LogP contribution in [-0.2, 0) is 18.3 Å². The van der Waals surface area contributed by atoms with Crippen LogP contribution in [0.4, 0.5) is 0 Å². The predicted octanol–water partition coefficient (Wildman–Crippen LogP) is 5.19. The minimum absolute atomic E-state index is 0.0644. The molecule has 0 aliphatic rings. The molecule has 30 heavy (non-hydrogen) atoms. The molecule has 1 atom stereocenters. The summed E-state index contributed by atoms with van der Waals surface area (Å²) in [6, 6.07) is 25.4. The normalized spacial score (nSPS) is 11.8. The molecule has 1 heterocycles. The van der Waals surface area contributed by atoms with E-state index in [1.807, 2.05) is 84.5 Å². The molecule has 150 valence electrons. The third kappa shape index (κ3) is 4.61. The van der Waals surface area contributed by atoms with E-state index in [1.165, 1.54) is 0 Å². The van der Waals surface area contributed by atoms with Crippen molar-refractivity contribution in [3.8, 4) is 11.1 Å². The maximum Gasteiger partial charge on any atom is 0.225 e. The summed E-state index contributed by atoms with van der Waals surface area (Å²) < 4.78 is 1.91. The quantitative estimate of drug-likeness (QED) is 0.471. The number of benzene rings is 3. The third-order valence-corrected chi connectivity index (χ3v) is 5.30. The smallest absolute Gasteiger partial charge is 0.225 e. The van der Waals surface area contributed by atoms with Gasteiger partial charge in [-0.25, -0.2) is 4.98 Å². The van der Waals surface area contributed by atoms with Crippen molar-refractivity contribution in [2.45, 2.75) is 12.5 Å². The number of nitrogens with zero attached hydrogens (tertiary/aromatic N) is 2. The number of nitrogens with one attached hydrogen (secondary N) is 1. The fraction of sp³-hybridized carbons (Fsp3) is 0.120. The molecule has 1 aromatic heterocycles. The van der Waals surface area contributed by atoms with Crippen LogP contribution in [0.25, 0.3) is 11.1 Å². The van der Waals surface area contributed by atoms with Gasteiger partial charge in [0.05, 0.1) is 6.42 Å². The standard InChI is InChI=1S/C25H22ClN3O/c1-29-16-15-27-25(29)24(21-11-13-22(26)14-12-21)28-23(30)17-18-7-9-20(10-8-18)19-5-3-2-4-6-19/h2-16,24H,17H2,1H3,(H,28,30). The Hall–Kier alpha value is -3.37. The van der Waals surface area contributed by atoms with Crippen LogP contribution in [0.5, 0.6) is 0 Å². The Balaban J connectivity index is 1.50. The number of halogens is 1. The molecule has 4 aromatic rings. The van der Waals surface area contributed by atoms with Gasteiger partial charge < -0.3 is 9.88 Å². The lowest BCUT2D eigenvalue weighted by Crippen LogP contribution is -2.32. The highest BCUT2D eigenvalue weighted by atomic mass is 35.5. The SMILES string of the molecule is Cn1ccnc1C(NC(=O)Cc1ccc(-c2ccccc2)cc1)c1ccc(Cl)cc1. The first-order valence-electron chi connectivity index (χ1n) is 9.76. The van der Waals surface area contributed by atoms with Crippen molar-refractivity contribution in [1.82, 2.24) is 14.9 Å². The van der Waals surface area contributed by atoms with Gasteiger partial charge in [0.1, 0.15) is 11.9 Å². The zero-order chi connectivity index (χ0) is 20.9. The van der Waals surface area contributed by atoms with Crippen molar-refractivity contribution < 1.29 is 4.79 Å². The number of imidazole rings is 1. The van der Waals surface area contributed by atoms with Gasteiger partial charge in [0.25, 0.3) is 0 Å². The van der Waals surface area contributed by atoms with Crippen LogP contribution < -0.4 is 5.32 Å². The van der Waals surface area contributed by atoms with Crippen LogP contribution >= 0.6 is 11.6 Å². The highest BCUT2D eigenvalue weighted by Gasteiger charge is 2.20. The van der Waals surface area contributed by atoms with Crippen molar-refractivity contribution in [2.75, 3.05) is 0 Å². The average molecular weight is 416 g/mol. The van der Waals surface area contributed by atoms with Crippen LogP contribution in [0, 0.1) is 0 Å². The van der Waals surface area contributed by atoms with E-state index in [4.69, 9.17) is 11.6 Å². The summed E-state index contributed by atoms with van der Waals surface area (Å²) in [5, 5.41) is 3.78. The summed E-state index contributed by atoms with van der Waals surface area (Å²) in [5.41, 5.74) is 4.18. The zero-order valence-electron chi connectivity index (χ0n) is 16.6. The molecule has 0 radical (unpaired) electrons. The van der Waals surface area contributed by atoms with Gasteiger partial charge in [-0.15, -0.1) is 0 Å². The lowest BCUT2D eigenvalue weighted by molar-refractivity contribution is -0.121. The van der Waals surface area contributed by atoms with E-state index in [9.17, 15) is 4.79 Å². The molecule has 5 heteroatoms. The van der Waals surface area contributed by atoms with E-state index in [-0.39, 0.29) is 11.9 Å². The first kappa shape index (κ1) is 19.9. The molecule has 0 aliphatic heterocycles. The first-order chi connectivity index (χ1) is 14.6. The van der Waals surface area contributed by atoms with Crippen LogP contribution in [0.2, 0.25) is 5.02 Å². The van der Waals surface area contributed by atoms with E-state index in [2.05, 4.69) is 22.4 Å². The second-order valence-electron chi connectivity index (χ2n) is 7.19. The Morgan fingerprint density at radius 1 is 0.967 bits per heavy atom. The van der Waals surface area contributed by atoms with E-state index in [0.717, 1.165) is 28.1 Å². The van der Waals surface area contributed by atoms with E-state index in [1.54, 1.807) is 6.20 Å². The molecular weight excluding hydrogens is 394 g/mol. The molecule has 0 spiro atoms. The topological polar surface area (TPSA) is 46.9 Å². The Morgan fingerprint density at radius 3 is 2.27 bits per heavy atom. The maximum atomic E-state index is 12.9. The number of hydrogen-bond acceptors (Lipinski definition) is 2. The van der Waals surface area contributed by atoms with Gasteiger partial charge in [0.15, 0.2) is 0 Å². The molecule has 3 aromatic carbocycles. The highest BCUT2D eigenvalue weighted by molar-refractivity contribution is 6.30. The average Bonchev–Trinajstić information content (AvgIpc) is 3.19. The first-order valence-corrected chi connectivity index (χ1v) is 10.1. The minimum Gasteiger partial charge on any atom is -0.342 e. The van der Waals surface area contributed by atoms with Crippen LogP contribution in [0.1, 0.15) is 23.0 Å². The molecule has 0 aliphatic carbocycles. The summed E-state index contributed by atoms with van der Waals surface area (Å²) in [6.07, 6.45) is 3.89. The summed E-state index contributed by atoms with van der Waals surface area (Å²) in [6.45, 7) is 0. The van der Waals surface area contributed by atoms with Crippen molar-refractivity contribution in [1.29, 1.82) is 0 Å². The lowest BCUT2D eigenvalue weighted by Gasteiger charge is -2.19. The molecule has 0 fully saturated rings. The molecule has 1 N–H and O–H groups in total. The number of aromatic nitrogens is 2. The fourth-order valence-electron chi connectivity index (χ4n) is 3.45. The van der Waals surface area contributed by atoms with Crippen molar-refractivity contribution in [3.63, 3.8) is 0 Å². The van der Waals surface area contributed by atoms with E-state index < -0.39 is 0 Å². The summed E-state index contributed by atoms with van der Waals surface area (Å²) in [7, 11) is 1.92. The summed E-state index contributed by atoms with van der Waals surface area (Å²) >= 11 is 6.03. The second kappa shape index (κ2) is 8.97. The molecule has 1 unspecified atom stereocenters. The monoisotopic (exact) mass is 415 g/mol. The lowest BCUT2D eigenvalue weighted by atomic mass is 10.0. The van der Waals surface area contributed by atoms with Gasteiger partial charge >= 0.3 is 0 Å². The number of amides is 1. The zero-order valence-corrected chi connectivity index (χ0v) is 17.4. The number of carbonyl (C=O) groups excluding carboxylic acids is 1. The second-order valence-corrected chi connectivity index (χ2v) is 7.62. The van der Waals surface area contributed by atoms with Crippen LogP contribution in [-0.4, -0.2) is 15.5 Å². The minimum atomic E-state index is -0.349. The third-order valence-electron chi connectivity index (χ3n) is 5.05. The van der Waals surface area contributed by atoms with Gasteiger partial charge in [-0.3, -0.25) is 4.79 Å². The highest BCUT2D eigenvalue weighted by Crippen LogP contribution is 2.23. The van der Waals surface area contributed by atoms with Crippen LogP contribution in [0.3, 0.4) is 0 Å². The van der Waals surface area contributed by atoms with Gasteiger partial charge in [0.2, 0.25) is 5.91 Å². The molecule has 4 rings (SSSR count).